The maximum absolute atomic E-state index is 12.2. The minimum absolute atomic E-state index is 0. The molecule has 1 aromatic heterocycles. The van der Waals surface area contributed by atoms with Gasteiger partial charge in [-0.25, -0.2) is 14.6 Å². The molecule has 3 aromatic rings. The van der Waals surface area contributed by atoms with E-state index in [1.54, 1.807) is 18.3 Å². The number of benzene rings is 2. The summed E-state index contributed by atoms with van der Waals surface area (Å²) in [7, 11) is 1.66. The van der Waals surface area contributed by atoms with Gasteiger partial charge in [-0.3, -0.25) is 9.89 Å². The molecule has 2 aliphatic rings. The number of H-pyrrole nitrogens is 1. The molecule has 0 aliphatic carbocycles. The van der Waals surface area contributed by atoms with Crippen LogP contribution in [0, 0.1) is 0 Å². The maximum Gasteiger partial charge on any atom is 0.349 e. The van der Waals surface area contributed by atoms with Crippen molar-refractivity contribution >= 4 is 29.6 Å². The first-order chi connectivity index (χ1) is 24.5. The molecule has 0 fully saturated rings. The molecule has 0 spiro atoms. The third kappa shape index (κ3) is 12.1. The van der Waals surface area contributed by atoms with Gasteiger partial charge in [-0.2, -0.15) is 0 Å². The Hall–Kier alpha value is -5.00. The molecule has 12 nitrogen and oxygen atoms in total. The van der Waals surface area contributed by atoms with Gasteiger partial charge in [-0.1, -0.05) is 21.3 Å². The Kier molecular flexibility index (Phi) is 16.0. The van der Waals surface area contributed by atoms with Gasteiger partial charge in [0.1, 0.15) is 23.3 Å². The van der Waals surface area contributed by atoms with E-state index >= 15 is 0 Å². The summed E-state index contributed by atoms with van der Waals surface area (Å²) in [5.74, 6) is 1.95. The summed E-state index contributed by atoms with van der Waals surface area (Å²) in [4.78, 5) is 37.3. The second kappa shape index (κ2) is 20.1. The zero-order valence-electron chi connectivity index (χ0n) is 31.0. The van der Waals surface area contributed by atoms with Crippen LogP contribution >= 0.6 is 0 Å². The van der Waals surface area contributed by atoms with Gasteiger partial charge in [0.2, 0.25) is 0 Å². The molecule has 5 N–H and O–H groups in total. The smallest absolute Gasteiger partial charge is 0.349 e. The number of imidazole rings is 1. The second-order valence-corrected chi connectivity index (χ2v) is 13.7. The molecule has 12 heteroatoms. The molecule has 2 amide bonds. The van der Waals surface area contributed by atoms with Crippen molar-refractivity contribution in [2.24, 2.45) is 10.7 Å². The number of aliphatic imine (C=N–C) groups is 1. The Labute approximate surface area is 309 Å². The fraction of sp³-hybridized carbons (Fsp3) is 0.500. The number of carbonyl (C=O) groups is 2. The molecule has 2 unspecified atom stereocenters. The SMILES string of the molecule is C.CCCN(C(=O)NC)c1ccc2c(c1)C(Cc1cnc[nH]1)CCO2.CCCNc1ccc2c(c1)C(C/C(=C/N)N=CC(=O)OC(C)(C)C)CCO2. The monoisotopic (exact) mass is 717 g/mol. The number of ether oxygens (including phenoxy) is 3. The Morgan fingerprint density at radius 1 is 1.06 bits per heavy atom. The van der Waals surface area contributed by atoms with Crippen LogP contribution in [0.5, 0.6) is 11.5 Å². The lowest BCUT2D eigenvalue weighted by Crippen LogP contribution is -2.38. The highest BCUT2D eigenvalue weighted by atomic mass is 16.6. The van der Waals surface area contributed by atoms with Crippen molar-refractivity contribution in [1.82, 2.24) is 15.3 Å². The van der Waals surface area contributed by atoms with Crippen molar-refractivity contribution in [3.05, 3.63) is 77.6 Å². The van der Waals surface area contributed by atoms with E-state index in [-0.39, 0.29) is 19.4 Å². The molecule has 0 saturated heterocycles. The number of nitrogens with two attached hydrogens (primary N) is 1. The van der Waals surface area contributed by atoms with Crippen LogP contribution in [0.2, 0.25) is 0 Å². The Bertz CT molecular complexity index is 1630. The van der Waals surface area contributed by atoms with Crippen LogP contribution in [0.25, 0.3) is 0 Å². The molecule has 5 rings (SSSR count). The number of allylic oxidation sites excluding steroid dienone is 1. The molecule has 0 bridgehead atoms. The lowest BCUT2D eigenvalue weighted by Gasteiger charge is -2.28. The number of urea groups is 1. The number of nitrogens with zero attached hydrogens (tertiary/aromatic N) is 3. The number of amides is 2. The van der Waals surface area contributed by atoms with Crippen LogP contribution in [0.1, 0.15) is 103 Å². The fourth-order valence-electron chi connectivity index (χ4n) is 6.14. The van der Waals surface area contributed by atoms with Gasteiger partial charge in [-0.05, 0) is 119 Å². The van der Waals surface area contributed by atoms with Crippen LogP contribution in [-0.2, 0) is 16.0 Å². The number of carbonyl (C=O) groups excluding carboxylic acids is 2. The second-order valence-electron chi connectivity index (χ2n) is 13.7. The Morgan fingerprint density at radius 2 is 1.75 bits per heavy atom. The first-order valence-electron chi connectivity index (χ1n) is 18.0. The van der Waals surface area contributed by atoms with Crippen LogP contribution < -0.4 is 30.7 Å². The predicted molar refractivity (Wildman–Crippen MR) is 210 cm³/mol. The van der Waals surface area contributed by atoms with Gasteiger partial charge in [0.05, 0.1) is 25.2 Å². The van der Waals surface area contributed by atoms with E-state index in [1.165, 1.54) is 18.0 Å². The van der Waals surface area contributed by atoms with E-state index in [1.807, 2.05) is 51.2 Å². The molecule has 0 radical (unpaired) electrons. The summed E-state index contributed by atoms with van der Waals surface area (Å²) in [6, 6.07) is 12.1. The van der Waals surface area contributed by atoms with Crippen molar-refractivity contribution in [3.8, 4) is 11.5 Å². The number of aromatic nitrogens is 2. The summed E-state index contributed by atoms with van der Waals surface area (Å²) in [6.45, 7) is 12.7. The molecule has 2 aromatic carbocycles. The van der Waals surface area contributed by atoms with Gasteiger partial charge >= 0.3 is 12.0 Å². The third-order valence-corrected chi connectivity index (χ3v) is 8.54. The van der Waals surface area contributed by atoms with Gasteiger partial charge in [0, 0.05) is 49.6 Å². The lowest BCUT2D eigenvalue weighted by atomic mass is 9.89. The van der Waals surface area contributed by atoms with Gasteiger partial charge in [-0.15, -0.1) is 0 Å². The molecule has 52 heavy (non-hydrogen) atoms. The minimum Gasteiger partial charge on any atom is -0.493 e. The Balaban J connectivity index is 0.000000277. The number of esters is 1. The largest absolute Gasteiger partial charge is 0.493 e. The number of nitrogens with one attached hydrogen (secondary N) is 3. The number of rotatable bonds is 12. The fourth-order valence-corrected chi connectivity index (χ4v) is 6.14. The van der Waals surface area contributed by atoms with Crippen LogP contribution in [0.4, 0.5) is 16.2 Å². The van der Waals surface area contributed by atoms with Gasteiger partial charge in [0.25, 0.3) is 0 Å². The average Bonchev–Trinajstić information content (AvgIpc) is 3.64. The zero-order valence-corrected chi connectivity index (χ0v) is 31.0. The summed E-state index contributed by atoms with van der Waals surface area (Å²) >= 11 is 0. The standard InChI is InChI=1S/C21H31N3O3.C18H24N4O2.CH4/c1-5-9-23-16-6-7-19-18(12-16)15(8-10-26-19)11-17(13-22)24-14-20(25)27-21(2,3)4;1-3-7-22(18(23)19-2)15-4-5-17-16(10-15)13(6-8-24-17)9-14-11-20-12-21-14;/h6-7,12-15,23H,5,8-11,22H2,1-4H3;4-5,10-13H,3,6-9H2,1-2H3,(H,19,23)(H,20,21);1H4/b17-13-,24-14?;;. The summed E-state index contributed by atoms with van der Waals surface area (Å²) in [6.07, 6.45) is 11.6. The van der Waals surface area contributed by atoms with E-state index in [0.29, 0.717) is 31.2 Å². The molecular weight excluding hydrogens is 658 g/mol. The third-order valence-electron chi connectivity index (χ3n) is 8.54. The van der Waals surface area contributed by atoms with Crippen molar-refractivity contribution in [3.63, 3.8) is 0 Å². The topological polar surface area (TPSA) is 156 Å². The van der Waals surface area contributed by atoms with E-state index in [2.05, 4.69) is 51.6 Å². The van der Waals surface area contributed by atoms with E-state index in [4.69, 9.17) is 19.9 Å². The van der Waals surface area contributed by atoms with Crippen molar-refractivity contribution in [2.75, 3.05) is 43.6 Å². The van der Waals surface area contributed by atoms with Crippen LogP contribution in [0.15, 0.2) is 65.8 Å². The van der Waals surface area contributed by atoms with Crippen molar-refractivity contribution in [1.29, 1.82) is 0 Å². The average molecular weight is 718 g/mol. The van der Waals surface area contributed by atoms with Crippen LogP contribution in [0.3, 0.4) is 0 Å². The summed E-state index contributed by atoms with van der Waals surface area (Å²) < 4.78 is 16.8. The van der Waals surface area contributed by atoms with E-state index in [0.717, 1.165) is 79.4 Å². The van der Waals surface area contributed by atoms with E-state index < -0.39 is 11.6 Å². The number of fused-ring (bicyclic) bond motifs is 2. The summed E-state index contributed by atoms with van der Waals surface area (Å²) in [5, 5.41) is 6.13. The van der Waals surface area contributed by atoms with Crippen molar-refractivity contribution < 1.29 is 23.8 Å². The first-order valence-corrected chi connectivity index (χ1v) is 18.0. The van der Waals surface area contributed by atoms with Gasteiger partial charge in [0.15, 0.2) is 0 Å². The number of aromatic amines is 1. The predicted octanol–water partition coefficient (Wildman–Crippen LogP) is 7.69. The van der Waals surface area contributed by atoms with Crippen molar-refractivity contribution in [2.45, 2.75) is 98.0 Å². The summed E-state index contributed by atoms with van der Waals surface area (Å²) in [5.41, 5.74) is 11.3. The highest BCUT2D eigenvalue weighted by Gasteiger charge is 2.25. The molecule has 3 heterocycles. The highest BCUT2D eigenvalue weighted by Crippen LogP contribution is 2.40. The molecule has 2 atom stereocenters. The quantitative estimate of drug-likeness (QED) is 0.110. The Morgan fingerprint density at radius 3 is 2.37 bits per heavy atom. The zero-order chi connectivity index (χ0) is 36.8. The molecule has 284 valence electrons. The number of hydrogen-bond acceptors (Lipinski definition) is 9. The number of anilines is 2. The number of hydrogen-bond donors (Lipinski definition) is 4. The maximum atomic E-state index is 12.2. The molecule has 2 aliphatic heterocycles. The van der Waals surface area contributed by atoms with Gasteiger partial charge < -0.3 is 35.6 Å². The highest BCUT2D eigenvalue weighted by molar-refractivity contribution is 6.23. The normalized spacial score (nSPS) is 16.5. The first kappa shape index (κ1) is 41.4. The van der Waals surface area contributed by atoms with Crippen LogP contribution in [-0.4, -0.2) is 67.1 Å². The lowest BCUT2D eigenvalue weighted by molar-refractivity contribution is -0.145. The minimum atomic E-state index is -0.544. The molecular formula is C40H59N7O5. The molecule has 0 saturated carbocycles. The van der Waals surface area contributed by atoms with E-state index in [9.17, 15) is 9.59 Å².